The van der Waals surface area contributed by atoms with Crippen LogP contribution in [0.5, 0.6) is 0 Å². The van der Waals surface area contributed by atoms with E-state index < -0.39 is 104 Å². The van der Waals surface area contributed by atoms with E-state index in [1.54, 1.807) is 0 Å². The standard InChI is InChI=1S/C24H37N9O10/c1-13(34)27-11-20(39)32-14(5-6-16(35)24(43)26-2)22(41)31-10-19(38)28-9-18(37)29-12-21(40)33-7-3-4-15(33)23(42)30-8-17(25)36/h14-15H,3-12H2,1-2H3,(H2,25,36)(H,26,43)(H,27,34)(H,28,38)(H,29,37)(H,30,42)(H,31,41)(H,32,39)/t14-,15-/m0/s1. The molecule has 9 amide bonds. The topological polar surface area (TPSA) is 284 Å². The number of nitrogens with one attached hydrogen (secondary N) is 7. The van der Waals surface area contributed by atoms with Crippen LogP contribution < -0.4 is 43.0 Å². The predicted octanol–water partition coefficient (Wildman–Crippen LogP) is -6.36. The van der Waals surface area contributed by atoms with E-state index in [9.17, 15) is 47.9 Å². The maximum atomic E-state index is 12.6. The molecule has 9 N–H and O–H groups in total. The van der Waals surface area contributed by atoms with Gasteiger partial charge in [0.1, 0.15) is 12.1 Å². The van der Waals surface area contributed by atoms with Gasteiger partial charge in [-0.1, -0.05) is 0 Å². The number of ketones is 1. The monoisotopic (exact) mass is 611 g/mol. The third-order valence-electron chi connectivity index (χ3n) is 5.91. The van der Waals surface area contributed by atoms with E-state index in [1.807, 2.05) is 0 Å². The summed E-state index contributed by atoms with van der Waals surface area (Å²) in [6.07, 6.45) is 0.225. The number of rotatable bonds is 17. The summed E-state index contributed by atoms with van der Waals surface area (Å²) in [5, 5.41) is 15.8. The highest BCUT2D eigenvalue weighted by Crippen LogP contribution is 2.17. The smallest absolute Gasteiger partial charge is 0.287 e. The lowest BCUT2D eigenvalue weighted by Gasteiger charge is -2.24. The molecule has 43 heavy (non-hydrogen) atoms. The normalized spacial score (nSPS) is 14.4. The minimum atomic E-state index is -1.33. The third kappa shape index (κ3) is 13.9. The summed E-state index contributed by atoms with van der Waals surface area (Å²) in [5.74, 6) is -7.24. The van der Waals surface area contributed by atoms with E-state index in [4.69, 9.17) is 5.73 Å². The average Bonchev–Trinajstić information content (AvgIpc) is 3.47. The van der Waals surface area contributed by atoms with Gasteiger partial charge in [-0.3, -0.25) is 47.9 Å². The van der Waals surface area contributed by atoms with E-state index in [1.165, 1.54) is 18.9 Å². The van der Waals surface area contributed by atoms with Gasteiger partial charge in [0.05, 0.1) is 32.7 Å². The van der Waals surface area contributed by atoms with E-state index in [-0.39, 0.29) is 19.5 Å². The minimum absolute atomic E-state index is 0.272. The summed E-state index contributed by atoms with van der Waals surface area (Å²) in [5.41, 5.74) is 5.00. The van der Waals surface area contributed by atoms with E-state index in [0.717, 1.165) is 0 Å². The van der Waals surface area contributed by atoms with Crippen molar-refractivity contribution in [3.8, 4) is 0 Å². The van der Waals surface area contributed by atoms with Gasteiger partial charge in [0, 0.05) is 26.9 Å². The Morgan fingerprint density at radius 3 is 2.00 bits per heavy atom. The number of primary amides is 1. The van der Waals surface area contributed by atoms with Gasteiger partial charge < -0.3 is 47.9 Å². The molecule has 238 valence electrons. The number of Topliss-reactive ketones (excluding diaryl/α,β-unsaturated/α-hetero) is 1. The Morgan fingerprint density at radius 1 is 0.791 bits per heavy atom. The second kappa shape index (κ2) is 18.4. The van der Waals surface area contributed by atoms with Gasteiger partial charge in [0.25, 0.3) is 5.91 Å². The van der Waals surface area contributed by atoms with Crippen molar-refractivity contribution in [1.29, 1.82) is 0 Å². The van der Waals surface area contributed by atoms with Gasteiger partial charge in [-0.2, -0.15) is 0 Å². The summed E-state index contributed by atoms with van der Waals surface area (Å²) in [6.45, 7) is -1.02. The van der Waals surface area contributed by atoms with Crippen LogP contribution in [-0.2, 0) is 47.9 Å². The average molecular weight is 612 g/mol. The first-order chi connectivity index (χ1) is 20.2. The first-order valence-corrected chi connectivity index (χ1v) is 13.2. The van der Waals surface area contributed by atoms with Crippen molar-refractivity contribution < 1.29 is 47.9 Å². The summed E-state index contributed by atoms with van der Waals surface area (Å²) in [7, 11) is 1.25. The molecule has 1 heterocycles. The molecule has 0 unspecified atom stereocenters. The first kappa shape index (κ1) is 35.9. The van der Waals surface area contributed by atoms with Crippen LogP contribution in [0.15, 0.2) is 0 Å². The van der Waals surface area contributed by atoms with Crippen molar-refractivity contribution in [3.63, 3.8) is 0 Å². The maximum Gasteiger partial charge on any atom is 0.287 e. The molecule has 0 aromatic carbocycles. The van der Waals surface area contributed by atoms with E-state index in [2.05, 4.69) is 37.2 Å². The Morgan fingerprint density at radius 2 is 1.40 bits per heavy atom. The van der Waals surface area contributed by atoms with Crippen molar-refractivity contribution in [2.24, 2.45) is 5.73 Å². The minimum Gasteiger partial charge on any atom is -0.368 e. The summed E-state index contributed by atoms with van der Waals surface area (Å²) in [4.78, 5) is 120. The highest BCUT2D eigenvalue weighted by molar-refractivity contribution is 6.36. The fourth-order valence-electron chi connectivity index (χ4n) is 3.75. The molecule has 1 rings (SSSR count). The molecule has 1 saturated heterocycles. The Hall–Kier alpha value is -5.10. The highest BCUT2D eigenvalue weighted by atomic mass is 16.2. The molecule has 0 radical (unpaired) electrons. The fourth-order valence-corrected chi connectivity index (χ4v) is 3.75. The van der Waals surface area contributed by atoms with E-state index >= 15 is 0 Å². The second-order valence-electron chi connectivity index (χ2n) is 9.27. The zero-order chi connectivity index (χ0) is 32.5. The Kier molecular flexibility index (Phi) is 15.3. The summed E-state index contributed by atoms with van der Waals surface area (Å²) >= 11 is 0. The summed E-state index contributed by atoms with van der Waals surface area (Å²) in [6, 6.07) is -2.14. The Bertz CT molecular complexity index is 1130. The number of hydrogen-bond donors (Lipinski definition) is 8. The molecule has 1 aliphatic heterocycles. The molecule has 0 spiro atoms. The fraction of sp³-hybridized carbons (Fsp3) is 0.583. The molecule has 2 atom stereocenters. The zero-order valence-corrected chi connectivity index (χ0v) is 23.8. The molecule has 0 bridgehead atoms. The number of nitrogens with zero attached hydrogens (tertiary/aromatic N) is 1. The Labute approximate surface area is 246 Å². The third-order valence-corrected chi connectivity index (χ3v) is 5.91. The van der Waals surface area contributed by atoms with Crippen molar-refractivity contribution in [1.82, 2.24) is 42.1 Å². The van der Waals surface area contributed by atoms with Crippen LogP contribution in [0.2, 0.25) is 0 Å². The largest absolute Gasteiger partial charge is 0.368 e. The number of likely N-dealkylation sites (tertiary alicyclic amines) is 1. The lowest BCUT2D eigenvalue weighted by molar-refractivity contribution is -0.139. The van der Waals surface area contributed by atoms with Crippen LogP contribution in [0.4, 0.5) is 0 Å². The molecular formula is C24H37N9O10. The molecule has 0 saturated carbocycles. The lowest BCUT2D eigenvalue weighted by Crippen LogP contribution is -2.52. The molecule has 19 heteroatoms. The van der Waals surface area contributed by atoms with Crippen LogP contribution >= 0.6 is 0 Å². The van der Waals surface area contributed by atoms with Gasteiger partial charge >= 0.3 is 0 Å². The predicted molar refractivity (Wildman–Crippen MR) is 145 cm³/mol. The van der Waals surface area contributed by atoms with Gasteiger partial charge in [0.15, 0.2) is 0 Å². The van der Waals surface area contributed by atoms with Crippen LogP contribution in [0.1, 0.15) is 32.6 Å². The van der Waals surface area contributed by atoms with Crippen LogP contribution in [0.25, 0.3) is 0 Å². The molecule has 0 aromatic heterocycles. The molecule has 0 aromatic rings. The number of hydrogen-bond acceptors (Lipinski definition) is 10. The number of amides is 9. The molecule has 19 nitrogen and oxygen atoms in total. The van der Waals surface area contributed by atoms with Gasteiger partial charge in [-0.05, 0) is 19.3 Å². The van der Waals surface area contributed by atoms with Gasteiger partial charge in [0.2, 0.25) is 53.0 Å². The number of carbonyl (C=O) groups is 10. The maximum absolute atomic E-state index is 12.6. The first-order valence-electron chi connectivity index (χ1n) is 13.2. The van der Waals surface area contributed by atoms with Gasteiger partial charge in [-0.25, -0.2) is 0 Å². The van der Waals surface area contributed by atoms with Crippen molar-refractivity contribution >= 4 is 58.9 Å². The van der Waals surface area contributed by atoms with Crippen molar-refractivity contribution in [2.75, 3.05) is 46.3 Å². The quantitative estimate of drug-likeness (QED) is 0.0720. The lowest BCUT2D eigenvalue weighted by atomic mass is 10.1. The van der Waals surface area contributed by atoms with Crippen LogP contribution in [-0.4, -0.2) is 122 Å². The molecule has 0 aliphatic carbocycles. The van der Waals surface area contributed by atoms with Gasteiger partial charge in [-0.15, -0.1) is 0 Å². The number of nitrogens with two attached hydrogens (primary N) is 1. The van der Waals surface area contributed by atoms with E-state index in [0.29, 0.717) is 12.8 Å². The number of likely N-dealkylation sites (N-methyl/N-ethyl adjacent to an activating group) is 1. The van der Waals surface area contributed by atoms with Crippen LogP contribution in [0, 0.1) is 0 Å². The number of carbonyl (C=O) groups excluding carboxylic acids is 10. The molecular weight excluding hydrogens is 574 g/mol. The Balaban J connectivity index is 2.53. The summed E-state index contributed by atoms with van der Waals surface area (Å²) < 4.78 is 0. The zero-order valence-electron chi connectivity index (χ0n) is 23.8. The van der Waals surface area contributed by atoms with Crippen molar-refractivity contribution in [2.45, 2.75) is 44.7 Å². The molecule has 1 fully saturated rings. The molecule has 1 aliphatic rings. The van der Waals surface area contributed by atoms with Crippen molar-refractivity contribution in [3.05, 3.63) is 0 Å². The van der Waals surface area contributed by atoms with Crippen LogP contribution in [0.3, 0.4) is 0 Å². The second-order valence-corrected chi connectivity index (χ2v) is 9.27. The highest BCUT2D eigenvalue weighted by Gasteiger charge is 2.34. The SMILES string of the molecule is CNC(=O)C(=O)CC[C@H](NC(=O)CNC(C)=O)C(=O)NCC(=O)NCC(=O)NCC(=O)N1CCC[C@H]1C(=O)NCC(N)=O.